The van der Waals surface area contributed by atoms with Crippen molar-refractivity contribution >= 4 is 28.4 Å². The van der Waals surface area contributed by atoms with Gasteiger partial charge >= 0.3 is 0 Å². The molecular weight excluding hydrogens is 365 g/mol. The molecule has 2 aromatic rings. The van der Waals surface area contributed by atoms with Gasteiger partial charge in [-0.3, -0.25) is 0 Å². The molecule has 0 radical (unpaired) electrons. The number of rotatable bonds is 4. The van der Waals surface area contributed by atoms with Crippen LogP contribution in [0.1, 0.15) is 18.2 Å². The summed E-state index contributed by atoms with van der Waals surface area (Å²) in [5.41, 5.74) is 3.03. The maximum Gasteiger partial charge on any atom is 0.165 e. The molecule has 0 fully saturated rings. The van der Waals surface area contributed by atoms with Gasteiger partial charge in [-0.05, 0) is 61.1 Å². The highest BCUT2D eigenvalue weighted by atomic mass is 127. The Morgan fingerprint density at radius 2 is 2.00 bits per heavy atom. The lowest BCUT2D eigenvalue weighted by atomic mass is 10.1. The molecule has 1 N–H and O–H groups in total. The Labute approximate surface area is 133 Å². The van der Waals surface area contributed by atoms with Gasteiger partial charge in [-0.15, -0.1) is 0 Å². The van der Waals surface area contributed by atoms with Crippen LogP contribution in [0.2, 0.25) is 0 Å². The van der Waals surface area contributed by atoms with Crippen LogP contribution in [0.4, 0.5) is 5.82 Å². The number of anilines is 1. The molecule has 1 heterocycles. The number of aryl methyl sites for hydroxylation is 2. The van der Waals surface area contributed by atoms with Gasteiger partial charge in [0.15, 0.2) is 5.82 Å². The Morgan fingerprint density at radius 1 is 1.25 bits per heavy atom. The third-order valence-corrected chi connectivity index (χ3v) is 4.25. The van der Waals surface area contributed by atoms with E-state index in [-0.39, 0.29) is 0 Å². The van der Waals surface area contributed by atoms with Gasteiger partial charge in [0.2, 0.25) is 0 Å². The molecule has 0 aliphatic carbocycles. The summed E-state index contributed by atoms with van der Waals surface area (Å²) in [6, 6.07) is 6.05. The molecule has 0 spiro atoms. The van der Waals surface area contributed by atoms with Crippen LogP contribution in [0.15, 0.2) is 18.2 Å². The van der Waals surface area contributed by atoms with E-state index in [0.717, 1.165) is 38.5 Å². The predicted octanol–water partition coefficient (Wildman–Crippen LogP) is 3.81. The summed E-state index contributed by atoms with van der Waals surface area (Å²) < 4.78 is 6.50. The molecule has 0 atom stereocenters. The van der Waals surface area contributed by atoms with Crippen molar-refractivity contribution < 1.29 is 4.74 Å². The largest absolute Gasteiger partial charge is 0.496 e. The molecule has 0 bridgehead atoms. The van der Waals surface area contributed by atoms with Gasteiger partial charge in [0.1, 0.15) is 11.6 Å². The maximum absolute atomic E-state index is 5.45. The minimum atomic E-state index is 0.690. The van der Waals surface area contributed by atoms with E-state index < -0.39 is 0 Å². The van der Waals surface area contributed by atoms with Crippen molar-refractivity contribution in [1.29, 1.82) is 0 Å². The van der Waals surface area contributed by atoms with Crippen molar-refractivity contribution in [3.05, 3.63) is 33.0 Å². The first kappa shape index (κ1) is 15.0. The molecule has 0 saturated carbocycles. The fraction of sp³-hybridized carbons (Fsp3) is 0.333. The number of benzene rings is 1. The first-order chi connectivity index (χ1) is 9.56. The van der Waals surface area contributed by atoms with Crippen molar-refractivity contribution in [2.24, 2.45) is 0 Å². The van der Waals surface area contributed by atoms with Crippen molar-refractivity contribution in [2.75, 3.05) is 19.0 Å². The monoisotopic (exact) mass is 383 g/mol. The van der Waals surface area contributed by atoms with Gasteiger partial charge < -0.3 is 10.1 Å². The van der Waals surface area contributed by atoms with E-state index in [0.29, 0.717) is 5.82 Å². The fourth-order valence-electron chi connectivity index (χ4n) is 1.95. The van der Waals surface area contributed by atoms with Crippen LogP contribution in [0.25, 0.3) is 11.4 Å². The minimum Gasteiger partial charge on any atom is -0.496 e. The molecule has 1 aromatic heterocycles. The van der Waals surface area contributed by atoms with Crippen molar-refractivity contribution in [3.63, 3.8) is 0 Å². The highest BCUT2D eigenvalue weighted by molar-refractivity contribution is 14.1. The van der Waals surface area contributed by atoms with Crippen LogP contribution in [-0.2, 0) is 0 Å². The van der Waals surface area contributed by atoms with E-state index in [1.54, 1.807) is 7.11 Å². The SMILES string of the molecule is CCNc1nc(-c2ccc(C)cc2OC)nc(C)c1I. The smallest absolute Gasteiger partial charge is 0.165 e. The number of methoxy groups -OCH3 is 1. The van der Waals surface area contributed by atoms with Crippen LogP contribution in [0.5, 0.6) is 5.75 Å². The lowest BCUT2D eigenvalue weighted by Crippen LogP contribution is -2.06. The van der Waals surface area contributed by atoms with Crippen molar-refractivity contribution in [3.8, 4) is 17.1 Å². The number of ether oxygens (including phenoxy) is 1. The van der Waals surface area contributed by atoms with E-state index in [1.807, 2.05) is 32.0 Å². The first-order valence-corrected chi connectivity index (χ1v) is 7.57. The lowest BCUT2D eigenvalue weighted by Gasteiger charge is -2.12. The average molecular weight is 383 g/mol. The van der Waals surface area contributed by atoms with Crippen LogP contribution >= 0.6 is 22.6 Å². The van der Waals surface area contributed by atoms with Crippen molar-refractivity contribution in [2.45, 2.75) is 20.8 Å². The van der Waals surface area contributed by atoms with E-state index in [1.165, 1.54) is 0 Å². The summed E-state index contributed by atoms with van der Waals surface area (Å²) in [7, 11) is 1.67. The normalized spacial score (nSPS) is 10.4. The highest BCUT2D eigenvalue weighted by Gasteiger charge is 2.13. The van der Waals surface area contributed by atoms with Gasteiger partial charge in [0.05, 0.1) is 21.9 Å². The molecule has 0 unspecified atom stereocenters. The highest BCUT2D eigenvalue weighted by Crippen LogP contribution is 2.30. The second-order valence-corrected chi connectivity index (χ2v) is 5.61. The number of hydrogen-bond donors (Lipinski definition) is 1. The quantitative estimate of drug-likeness (QED) is 0.816. The second-order valence-electron chi connectivity index (χ2n) is 4.53. The standard InChI is InChI=1S/C15H18IN3O/c1-5-17-15-13(16)10(3)18-14(19-15)11-7-6-9(2)8-12(11)20-4/h6-8H,5H2,1-4H3,(H,17,18,19). The number of aromatic nitrogens is 2. The van der Waals surface area contributed by atoms with Crippen LogP contribution in [-0.4, -0.2) is 23.6 Å². The fourth-order valence-corrected chi connectivity index (χ4v) is 2.38. The molecular formula is C15H18IN3O. The molecule has 1 aromatic carbocycles. The van der Waals surface area contributed by atoms with Gasteiger partial charge in [0, 0.05) is 6.54 Å². The Morgan fingerprint density at radius 3 is 2.65 bits per heavy atom. The summed E-state index contributed by atoms with van der Waals surface area (Å²) in [4.78, 5) is 9.21. The number of hydrogen-bond acceptors (Lipinski definition) is 4. The zero-order valence-corrected chi connectivity index (χ0v) is 14.3. The van der Waals surface area contributed by atoms with Crippen LogP contribution in [0, 0.1) is 17.4 Å². The molecule has 2 rings (SSSR count). The number of halogens is 1. The summed E-state index contributed by atoms with van der Waals surface area (Å²) in [6.07, 6.45) is 0. The van der Waals surface area contributed by atoms with Gasteiger partial charge in [-0.1, -0.05) is 6.07 Å². The molecule has 106 valence electrons. The first-order valence-electron chi connectivity index (χ1n) is 6.49. The Kier molecular flexibility index (Phi) is 4.80. The maximum atomic E-state index is 5.45. The predicted molar refractivity (Wildman–Crippen MR) is 90.4 cm³/mol. The Hall–Kier alpha value is -1.37. The Bertz CT molecular complexity index is 629. The summed E-state index contributed by atoms with van der Waals surface area (Å²) >= 11 is 2.27. The van der Waals surface area contributed by atoms with Gasteiger partial charge in [0.25, 0.3) is 0 Å². The molecule has 5 heteroatoms. The van der Waals surface area contributed by atoms with Crippen molar-refractivity contribution in [1.82, 2.24) is 9.97 Å². The molecule has 0 aliphatic rings. The molecule has 20 heavy (non-hydrogen) atoms. The van der Waals surface area contributed by atoms with E-state index in [9.17, 15) is 0 Å². The topological polar surface area (TPSA) is 47.0 Å². The zero-order valence-electron chi connectivity index (χ0n) is 12.1. The zero-order chi connectivity index (χ0) is 14.7. The van der Waals surface area contributed by atoms with E-state index >= 15 is 0 Å². The summed E-state index contributed by atoms with van der Waals surface area (Å²) in [6.45, 7) is 6.92. The summed E-state index contributed by atoms with van der Waals surface area (Å²) in [5.74, 6) is 2.36. The number of nitrogens with zero attached hydrogens (tertiary/aromatic N) is 2. The molecule has 4 nitrogen and oxygen atoms in total. The molecule has 0 aliphatic heterocycles. The molecule has 0 saturated heterocycles. The summed E-state index contributed by atoms with van der Waals surface area (Å²) in [5, 5.41) is 3.28. The number of nitrogens with one attached hydrogen (secondary N) is 1. The van der Waals surface area contributed by atoms with Crippen LogP contribution in [0.3, 0.4) is 0 Å². The third-order valence-electron chi connectivity index (χ3n) is 2.96. The van der Waals surface area contributed by atoms with Gasteiger partial charge in [-0.2, -0.15) is 0 Å². The third kappa shape index (κ3) is 3.03. The van der Waals surface area contributed by atoms with Gasteiger partial charge in [-0.25, -0.2) is 9.97 Å². The minimum absolute atomic E-state index is 0.690. The van der Waals surface area contributed by atoms with E-state index in [2.05, 4.69) is 44.8 Å². The van der Waals surface area contributed by atoms with Crippen LogP contribution < -0.4 is 10.1 Å². The second kappa shape index (κ2) is 6.39. The Balaban J connectivity index is 2.58. The lowest BCUT2D eigenvalue weighted by molar-refractivity contribution is 0.416. The van der Waals surface area contributed by atoms with E-state index in [4.69, 9.17) is 4.74 Å². The molecule has 0 amide bonds. The average Bonchev–Trinajstić information content (AvgIpc) is 2.43.